The monoisotopic (exact) mass is 358 g/mol. The van der Waals surface area contributed by atoms with E-state index in [1.54, 1.807) is 12.1 Å². The molecule has 0 radical (unpaired) electrons. The highest BCUT2D eigenvalue weighted by Crippen LogP contribution is 2.37. The maximum absolute atomic E-state index is 10.6. The molecule has 0 amide bonds. The van der Waals surface area contributed by atoms with Crippen LogP contribution in [0.2, 0.25) is 0 Å². The molecule has 0 fully saturated rings. The van der Waals surface area contributed by atoms with Crippen LogP contribution in [-0.2, 0) is 9.53 Å². The number of aliphatic carboxylic acids is 1. The molecule has 1 aromatic carbocycles. The van der Waals surface area contributed by atoms with Gasteiger partial charge in [0.15, 0.2) is 11.5 Å². The molecule has 5 nitrogen and oxygen atoms in total. The van der Waals surface area contributed by atoms with Gasteiger partial charge in [-0.25, -0.2) is 4.79 Å². The molecular formula is C15H19BrO5. The van der Waals surface area contributed by atoms with E-state index >= 15 is 0 Å². The normalized spacial score (nSPS) is 10.8. The van der Waals surface area contributed by atoms with Crippen molar-refractivity contribution in [2.75, 3.05) is 26.4 Å². The van der Waals surface area contributed by atoms with Crippen LogP contribution in [0.1, 0.15) is 19.4 Å². The lowest BCUT2D eigenvalue weighted by Gasteiger charge is -2.14. The lowest BCUT2D eigenvalue weighted by molar-refractivity contribution is -0.131. The Hall–Kier alpha value is -1.53. The van der Waals surface area contributed by atoms with E-state index in [2.05, 4.69) is 15.9 Å². The second-order valence-electron chi connectivity index (χ2n) is 3.98. The summed E-state index contributed by atoms with van der Waals surface area (Å²) in [6.45, 7) is 5.83. The second kappa shape index (κ2) is 9.41. The third-order valence-electron chi connectivity index (χ3n) is 2.43. The highest BCUT2D eigenvalue weighted by atomic mass is 79.9. The Bertz CT molecular complexity index is 499. The van der Waals surface area contributed by atoms with Gasteiger partial charge in [-0.1, -0.05) is 0 Å². The number of benzene rings is 1. The van der Waals surface area contributed by atoms with Gasteiger partial charge in [0.25, 0.3) is 0 Å². The number of carbonyl (C=O) groups is 1. The number of hydrogen-bond acceptors (Lipinski definition) is 4. The van der Waals surface area contributed by atoms with Gasteiger partial charge in [0.05, 0.1) is 17.7 Å². The zero-order valence-electron chi connectivity index (χ0n) is 12.1. The van der Waals surface area contributed by atoms with E-state index in [1.807, 2.05) is 13.8 Å². The lowest BCUT2D eigenvalue weighted by Crippen LogP contribution is -2.08. The second-order valence-corrected chi connectivity index (χ2v) is 4.83. The average Bonchev–Trinajstić information content (AvgIpc) is 2.43. The summed E-state index contributed by atoms with van der Waals surface area (Å²) < 4.78 is 17.1. The minimum atomic E-state index is -0.999. The SMILES string of the molecule is CCOCCOc1c(Br)cc(/C=C/C(=O)O)cc1OCC. The zero-order valence-corrected chi connectivity index (χ0v) is 13.7. The van der Waals surface area contributed by atoms with Gasteiger partial charge in [-0.3, -0.25) is 0 Å². The molecule has 0 unspecified atom stereocenters. The molecule has 6 heteroatoms. The van der Waals surface area contributed by atoms with Crippen molar-refractivity contribution in [2.24, 2.45) is 0 Å². The van der Waals surface area contributed by atoms with Crippen LogP contribution >= 0.6 is 15.9 Å². The number of hydrogen-bond donors (Lipinski definition) is 1. The van der Waals surface area contributed by atoms with E-state index in [1.165, 1.54) is 6.08 Å². The van der Waals surface area contributed by atoms with E-state index in [-0.39, 0.29) is 0 Å². The predicted octanol–water partition coefficient (Wildman–Crippen LogP) is 3.36. The van der Waals surface area contributed by atoms with Crippen LogP contribution in [0, 0.1) is 0 Å². The molecule has 0 aliphatic rings. The summed E-state index contributed by atoms with van der Waals surface area (Å²) in [5, 5.41) is 8.67. The van der Waals surface area contributed by atoms with Crippen molar-refractivity contribution in [2.45, 2.75) is 13.8 Å². The van der Waals surface area contributed by atoms with Crippen molar-refractivity contribution < 1.29 is 24.1 Å². The molecule has 1 rings (SSSR count). The average molecular weight is 359 g/mol. The molecule has 0 spiro atoms. The number of rotatable bonds is 9. The molecule has 1 aromatic rings. The molecule has 0 atom stereocenters. The van der Waals surface area contributed by atoms with E-state index in [9.17, 15) is 4.79 Å². The Balaban J connectivity index is 2.93. The van der Waals surface area contributed by atoms with Gasteiger partial charge in [-0.2, -0.15) is 0 Å². The van der Waals surface area contributed by atoms with Gasteiger partial charge in [0.2, 0.25) is 0 Å². The molecule has 0 aliphatic heterocycles. The molecule has 0 aromatic heterocycles. The highest BCUT2D eigenvalue weighted by Gasteiger charge is 2.11. The molecule has 0 saturated carbocycles. The molecule has 0 heterocycles. The summed E-state index contributed by atoms with van der Waals surface area (Å²) in [5.74, 6) is 0.151. The van der Waals surface area contributed by atoms with Crippen molar-refractivity contribution >= 4 is 28.0 Å². The van der Waals surface area contributed by atoms with Gasteiger partial charge >= 0.3 is 5.97 Å². The van der Waals surface area contributed by atoms with Gasteiger partial charge in [-0.15, -0.1) is 0 Å². The Kier molecular flexibility index (Phi) is 7.85. The van der Waals surface area contributed by atoms with Gasteiger partial charge < -0.3 is 19.3 Å². The Morgan fingerprint density at radius 3 is 2.62 bits per heavy atom. The van der Waals surface area contributed by atoms with E-state index in [0.29, 0.717) is 48.0 Å². The summed E-state index contributed by atoms with van der Waals surface area (Å²) in [4.78, 5) is 10.6. The minimum absolute atomic E-state index is 0.414. The maximum Gasteiger partial charge on any atom is 0.328 e. The fraction of sp³-hybridized carbons (Fsp3) is 0.400. The predicted molar refractivity (Wildman–Crippen MR) is 84.0 cm³/mol. The molecule has 0 bridgehead atoms. The topological polar surface area (TPSA) is 65.0 Å². The van der Waals surface area contributed by atoms with Crippen molar-refractivity contribution in [3.63, 3.8) is 0 Å². The van der Waals surface area contributed by atoms with Crippen LogP contribution in [-0.4, -0.2) is 37.5 Å². The molecular weight excluding hydrogens is 340 g/mol. The first kappa shape index (κ1) is 17.5. The number of carboxylic acids is 1. The van der Waals surface area contributed by atoms with E-state index < -0.39 is 5.97 Å². The summed E-state index contributed by atoms with van der Waals surface area (Å²) in [7, 11) is 0. The van der Waals surface area contributed by atoms with Crippen LogP contribution in [0.3, 0.4) is 0 Å². The van der Waals surface area contributed by atoms with E-state index in [4.69, 9.17) is 19.3 Å². The number of ether oxygens (including phenoxy) is 3. The number of halogens is 1. The van der Waals surface area contributed by atoms with Crippen LogP contribution in [0.4, 0.5) is 0 Å². The van der Waals surface area contributed by atoms with Crippen molar-refractivity contribution in [1.82, 2.24) is 0 Å². The van der Waals surface area contributed by atoms with Crippen LogP contribution in [0.5, 0.6) is 11.5 Å². The molecule has 0 aliphatic carbocycles. The Labute approximate surface area is 132 Å². The first-order valence-corrected chi connectivity index (χ1v) is 7.45. The Morgan fingerprint density at radius 1 is 1.24 bits per heavy atom. The zero-order chi connectivity index (χ0) is 15.7. The van der Waals surface area contributed by atoms with Crippen LogP contribution in [0.25, 0.3) is 6.08 Å². The first-order valence-electron chi connectivity index (χ1n) is 6.66. The molecule has 0 saturated heterocycles. The minimum Gasteiger partial charge on any atom is -0.490 e. The summed E-state index contributed by atoms with van der Waals surface area (Å²) in [6, 6.07) is 3.52. The van der Waals surface area contributed by atoms with Crippen LogP contribution in [0.15, 0.2) is 22.7 Å². The quantitative estimate of drug-likeness (QED) is 0.541. The fourth-order valence-electron chi connectivity index (χ4n) is 1.60. The first-order chi connectivity index (χ1) is 10.1. The van der Waals surface area contributed by atoms with Crippen molar-refractivity contribution in [3.05, 3.63) is 28.2 Å². The van der Waals surface area contributed by atoms with Gasteiger partial charge in [0, 0.05) is 12.7 Å². The maximum atomic E-state index is 10.6. The third kappa shape index (κ3) is 6.18. The van der Waals surface area contributed by atoms with Gasteiger partial charge in [0.1, 0.15) is 6.61 Å². The number of carboxylic acid groups (broad SMARTS) is 1. The largest absolute Gasteiger partial charge is 0.490 e. The molecule has 116 valence electrons. The van der Waals surface area contributed by atoms with Gasteiger partial charge in [-0.05, 0) is 53.5 Å². The fourth-order valence-corrected chi connectivity index (χ4v) is 2.18. The lowest BCUT2D eigenvalue weighted by atomic mass is 10.2. The third-order valence-corrected chi connectivity index (χ3v) is 3.02. The van der Waals surface area contributed by atoms with E-state index in [0.717, 1.165) is 6.08 Å². The summed E-state index contributed by atoms with van der Waals surface area (Å²) >= 11 is 3.42. The summed E-state index contributed by atoms with van der Waals surface area (Å²) in [6.07, 6.45) is 2.58. The van der Waals surface area contributed by atoms with Crippen LogP contribution < -0.4 is 9.47 Å². The molecule has 21 heavy (non-hydrogen) atoms. The highest BCUT2D eigenvalue weighted by molar-refractivity contribution is 9.10. The van der Waals surface area contributed by atoms with Crippen molar-refractivity contribution in [1.29, 1.82) is 0 Å². The summed E-state index contributed by atoms with van der Waals surface area (Å²) in [5.41, 5.74) is 0.713. The molecule has 1 N–H and O–H groups in total. The van der Waals surface area contributed by atoms with Crippen molar-refractivity contribution in [3.8, 4) is 11.5 Å². The smallest absolute Gasteiger partial charge is 0.328 e. The Morgan fingerprint density at radius 2 is 2.00 bits per heavy atom. The standard InChI is InChI=1S/C15H19BrO5/c1-3-19-7-8-21-15-12(16)9-11(5-6-14(17)18)10-13(15)20-4-2/h5-6,9-10H,3-4,7-8H2,1-2H3,(H,17,18)/b6-5+.